The molecule has 0 bridgehead atoms. The molecule has 0 aliphatic heterocycles. The van der Waals surface area contributed by atoms with Crippen molar-refractivity contribution in [1.82, 2.24) is 5.32 Å². The first-order chi connectivity index (χ1) is 17.1. The summed E-state index contributed by atoms with van der Waals surface area (Å²) in [6.07, 6.45) is 0. The number of anilines is 1. The van der Waals surface area contributed by atoms with Gasteiger partial charge >= 0.3 is 11.9 Å². The number of esters is 1. The predicted octanol–water partition coefficient (Wildman–Crippen LogP) is 5.72. The van der Waals surface area contributed by atoms with Crippen molar-refractivity contribution < 1.29 is 33.4 Å². The van der Waals surface area contributed by atoms with Gasteiger partial charge in [0.15, 0.2) is 5.75 Å². The van der Waals surface area contributed by atoms with E-state index in [1.165, 1.54) is 42.5 Å². The van der Waals surface area contributed by atoms with Crippen molar-refractivity contribution in [2.75, 3.05) is 11.9 Å². The lowest BCUT2D eigenvalue weighted by molar-refractivity contribution is -0.152. The van der Waals surface area contributed by atoms with Gasteiger partial charge in [0.25, 0.3) is 5.91 Å². The highest BCUT2D eigenvalue weighted by Crippen LogP contribution is 2.39. The number of halogens is 4. The SMILES string of the molecule is CCOC(=O)C(=O)Nc1cc(Cl)c(Oc2ccc(O)c(C(=O)NCc3ccc(F)cc3Cl)c2)c(Cl)c1. The molecule has 0 saturated carbocycles. The van der Waals surface area contributed by atoms with E-state index >= 15 is 0 Å². The highest BCUT2D eigenvalue weighted by atomic mass is 35.5. The summed E-state index contributed by atoms with van der Waals surface area (Å²) in [4.78, 5) is 36.0. The van der Waals surface area contributed by atoms with Gasteiger partial charge in [-0.1, -0.05) is 40.9 Å². The first-order valence-corrected chi connectivity index (χ1v) is 11.4. The number of hydrogen-bond acceptors (Lipinski definition) is 6. The number of nitrogens with one attached hydrogen (secondary N) is 2. The minimum atomic E-state index is -1.07. The van der Waals surface area contributed by atoms with Crippen molar-refractivity contribution in [3.8, 4) is 17.2 Å². The fourth-order valence-corrected chi connectivity index (χ4v) is 3.72. The average Bonchev–Trinajstić information content (AvgIpc) is 2.81. The number of phenols is 1. The van der Waals surface area contributed by atoms with Crippen LogP contribution in [0.1, 0.15) is 22.8 Å². The smallest absolute Gasteiger partial charge is 0.397 e. The Hall–Kier alpha value is -3.53. The molecule has 0 fully saturated rings. The van der Waals surface area contributed by atoms with E-state index in [1.54, 1.807) is 6.92 Å². The molecule has 0 atom stereocenters. The first-order valence-electron chi connectivity index (χ1n) is 10.3. The summed E-state index contributed by atoms with van der Waals surface area (Å²) in [7, 11) is 0. The molecule has 8 nitrogen and oxygen atoms in total. The highest BCUT2D eigenvalue weighted by Gasteiger charge is 2.19. The van der Waals surface area contributed by atoms with Crippen molar-refractivity contribution in [1.29, 1.82) is 0 Å². The van der Waals surface area contributed by atoms with Crippen LogP contribution in [0.25, 0.3) is 0 Å². The Kier molecular flexibility index (Phi) is 8.98. The lowest BCUT2D eigenvalue weighted by Gasteiger charge is -2.14. The molecule has 3 rings (SSSR count). The molecule has 0 aliphatic carbocycles. The number of rotatable bonds is 7. The van der Waals surface area contributed by atoms with E-state index in [0.29, 0.717) is 5.56 Å². The van der Waals surface area contributed by atoms with Crippen molar-refractivity contribution >= 4 is 58.3 Å². The maximum atomic E-state index is 13.2. The van der Waals surface area contributed by atoms with Gasteiger partial charge in [-0.25, -0.2) is 9.18 Å². The molecule has 0 heterocycles. The first kappa shape index (κ1) is 27.1. The molecule has 12 heteroatoms. The van der Waals surface area contributed by atoms with Crippen LogP contribution in [0.15, 0.2) is 48.5 Å². The Morgan fingerprint density at radius 3 is 2.31 bits per heavy atom. The van der Waals surface area contributed by atoms with Gasteiger partial charge in [0, 0.05) is 17.3 Å². The number of ether oxygens (including phenoxy) is 2. The molecule has 36 heavy (non-hydrogen) atoms. The monoisotopic (exact) mass is 554 g/mol. The minimum absolute atomic E-state index is 0.00242. The summed E-state index contributed by atoms with van der Waals surface area (Å²) in [6.45, 7) is 1.58. The van der Waals surface area contributed by atoms with E-state index in [2.05, 4.69) is 15.4 Å². The zero-order chi connectivity index (χ0) is 26.4. The van der Waals surface area contributed by atoms with Gasteiger partial charge in [0.05, 0.1) is 22.2 Å². The maximum Gasteiger partial charge on any atom is 0.397 e. The van der Waals surface area contributed by atoms with Crippen molar-refractivity contribution in [3.63, 3.8) is 0 Å². The molecular formula is C24H18Cl3FN2O6. The van der Waals surface area contributed by atoms with Gasteiger partial charge in [-0.05, 0) is 55.0 Å². The van der Waals surface area contributed by atoms with E-state index in [9.17, 15) is 23.9 Å². The van der Waals surface area contributed by atoms with Crippen LogP contribution in [0.4, 0.5) is 10.1 Å². The van der Waals surface area contributed by atoms with Crippen LogP contribution in [0.2, 0.25) is 15.1 Å². The Bertz CT molecular complexity index is 1310. The van der Waals surface area contributed by atoms with E-state index in [1.807, 2.05) is 0 Å². The van der Waals surface area contributed by atoms with Gasteiger partial charge in [0.2, 0.25) is 0 Å². The van der Waals surface area contributed by atoms with Gasteiger partial charge in [-0.3, -0.25) is 9.59 Å². The number of carbonyl (C=O) groups is 3. The molecule has 0 aliphatic rings. The summed E-state index contributed by atoms with van der Waals surface area (Å²) >= 11 is 18.5. The standard InChI is InChI=1S/C24H18Cl3FN2O6/c1-2-35-24(34)23(33)30-14-8-18(26)21(19(27)9-14)36-15-5-6-20(31)16(10-15)22(32)29-11-12-3-4-13(28)7-17(12)25/h3-10,31H,2,11H2,1H3,(H,29,32)(H,30,33). The van der Waals surface area contributed by atoms with Crippen LogP contribution in [0.3, 0.4) is 0 Å². The number of hydrogen-bond donors (Lipinski definition) is 3. The maximum absolute atomic E-state index is 13.2. The molecule has 0 aromatic heterocycles. The molecular weight excluding hydrogens is 538 g/mol. The second-order valence-electron chi connectivity index (χ2n) is 7.14. The van der Waals surface area contributed by atoms with Crippen molar-refractivity contribution in [2.24, 2.45) is 0 Å². The van der Waals surface area contributed by atoms with Crippen LogP contribution >= 0.6 is 34.8 Å². The number of benzene rings is 3. The number of aromatic hydroxyl groups is 1. The van der Waals surface area contributed by atoms with Crippen LogP contribution in [0, 0.1) is 5.82 Å². The third-order valence-electron chi connectivity index (χ3n) is 4.60. The van der Waals surface area contributed by atoms with Gasteiger partial charge < -0.3 is 25.2 Å². The Morgan fingerprint density at radius 2 is 1.67 bits per heavy atom. The summed E-state index contributed by atoms with van der Waals surface area (Å²) in [6, 6.07) is 10.3. The number of amides is 2. The number of carbonyl (C=O) groups excluding carboxylic acids is 3. The molecule has 0 spiro atoms. The quantitative estimate of drug-likeness (QED) is 0.254. The van der Waals surface area contributed by atoms with Gasteiger partial charge in [-0.15, -0.1) is 0 Å². The molecule has 3 aromatic rings. The second kappa shape index (κ2) is 11.9. The van der Waals surface area contributed by atoms with Crippen LogP contribution in [-0.2, 0) is 20.9 Å². The van der Waals surface area contributed by atoms with Crippen molar-refractivity contribution in [2.45, 2.75) is 13.5 Å². The van der Waals surface area contributed by atoms with E-state index in [-0.39, 0.29) is 56.7 Å². The second-order valence-corrected chi connectivity index (χ2v) is 8.36. The Morgan fingerprint density at radius 1 is 0.972 bits per heavy atom. The van der Waals surface area contributed by atoms with Crippen LogP contribution in [0.5, 0.6) is 17.2 Å². The molecule has 0 radical (unpaired) electrons. The normalized spacial score (nSPS) is 10.5. The molecule has 188 valence electrons. The highest BCUT2D eigenvalue weighted by molar-refractivity contribution is 6.39. The van der Waals surface area contributed by atoms with Gasteiger partial charge in [0.1, 0.15) is 17.3 Å². The predicted molar refractivity (Wildman–Crippen MR) is 132 cm³/mol. The van der Waals surface area contributed by atoms with E-state index in [0.717, 1.165) is 6.07 Å². The Labute approximate surface area is 219 Å². The third-order valence-corrected chi connectivity index (χ3v) is 5.52. The van der Waals surface area contributed by atoms with Crippen LogP contribution < -0.4 is 15.4 Å². The largest absolute Gasteiger partial charge is 0.507 e. The van der Waals surface area contributed by atoms with E-state index in [4.69, 9.17) is 39.5 Å². The minimum Gasteiger partial charge on any atom is -0.507 e. The zero-order valence-corrected chi connectivity index (χ0v) is 20.8. The summed E-state index contributed by atoms with van der Waals surface area (Å²) in [5, 5.41) is 15.2. The molecule has 3 aromatic carbocycles. The molecule has 3 N–H and O–H groups in total. The van der Waals surface area contributed by atoms with Crippen LogP contribution in [-0.4, -0.2) is 29.5 Å². The summed E-state index contributed by atoms with van der Waals surface area (Å²) < 4.78 is 23.5. The molecule has 2 amide bonds. The lowest BCUT2D eigenvalue weighted by atomic mass is 10.1. The topological polar surface area (TPSA) is 114 Å². The molecule has 0 saturated heterocycles. The third kappa shape index (κ3) is 6.78. The zero-order valence-electron chi connectivity index (χ0n) is 18.5. The fraction of sp³-hybridized carbons (Fsp3) is 0.125. The van der Waals surface area contributed by atoms with Crippen molar-refractivity contribution in [3.05, 3.63) is 80.5 Å². The average molecular weight is 556 g/mol. The van der Waals surface area contributed by atoms with Gasteiger partial charge in [-0.2, -0.15) is 0 Å². The molecule has 0 unspecified atom stereocenters. The van der Waals surface area contributed by atoms with E-state index < -0.39 is 23.6 Å². The lowest BCUT2D eigenvalue weighted by Crippen LogP contribution is -2.24. The summed E-state index contributed by atoms with van der Waals surface area (Å²) in [5.74, 6) is -3.43. The Balaban J connectivity index is 1.75. The number of phenolic OH excluding ortho intramolecular Hbond substituents is 1. The fourth-order valence-electron chi connectivity index (χ4n) is 2.92. The summed E-state index contributed by atoms with van der Waals surface area (Å²) in [5.41, 5.74) is 0.490.